The molecule has 18 heavy (non-hydrogen) atoms. The predicted molar refractivity (Wildman–Crippen MR) is 69.8 cm³/mol. The SMILES string of the molecule is Cc1[nH]ncc1S(=O)(=O)N(C)c1ccccc1N. The number of benzene rings is 1. The van der Waals surface area contributed by atoms with Gasteiger partial charge in [-0.2, -0.15) is 5.10 Å². The minimum atomic E-state index is -3.64. The number of nitrogens with zero attached hydrogens (tertiary/aromatic N) is 2. The van der Waals surface area contributed by atoms with E-state index in [-0.39, 0.29) is 4.90 Å². The second-order valence-electron chi connectivity index (χ2n) is 3.89. The Bertz CT molecular complexity index is 663. The van der Waals surface area contributed by atoms with E-state index in [1.807, 2.05) is 0 Å². The average Bonchev–Trinajstić information content (AvgIpc) is 2.76. The number of sulfonamides is 1. The van der Waals surface area contributed by atoms with Crippen LogP contribution in [0.5, 0.6) is 0 Å². The third-order valence-electron chi connectivity index (χ3n) is 2.70. The Morgan fingerprint density at radius 2 is 2.00 bits per heavy atom. The van der Waals surface area contributed by atoms with Gasteiger partial charge in [0.15, 0.2) is 0 Å². The molecule has 1 heterocycles. The van der Waals surface area contributed by atoms with Crippen molar-refractivity contribution in [3.05, 3.63) is 36.2 Å². The molecule has 0 radical (unpaired) electrons. The van der Waals surface area contributed by atoms with Crippen LogP contribution in [0.15, 0.2) is 35.4 Å². The molecule has 0 saturated heterocycles. The summed E-state index contributed by atoms with van der Waals surface area (Å²) >= 11 is 0. The third-order valence-corrected chi connectivity index (χ3v) is 4.58. The maximum absolute atomic E-state index is 12.4. The molecular formula is C11H14N4O2S. The molecule has 6 nitrogen and oxygen atoms in total. The standard InChI is InChI=1S/C11H14N4O2S/c1-8-11(7-13-14-8)18(16,17)15(2)10-6-4-3-5-9(10)12/h3-7H,12H2,1-2H3,(H,13,14). The number of aryl methyl sites for hydroxylation is 1. The lowest BCUT2D eigenvalue weighted by Crippen LogP contribution is -2.27. The number of para-hydroxylation sites is 2. The smallest absolute Gasteiger partial charge is 0.267 e. The van der Waals surface area contributed by atoms with Crippen LogP contribution in [0.25, 0.3) is 0 Å². The first kappa shape index (κ1) is 12.4. The summed E-state index contributed by atoms with van der Waals surface area (Å²) in [6.07, 6.45) is 1.29. The van der Waals surface area contributed by atoms with Crippen molar-refractivity contribution in [2.75, 3.05) is 17.1 Å². The molecule has 3 N–H and O–H groups in total. The van der Waals surface area contributed by atoms with Crippen molar-refractivity contribution in [1.29, 1.82) is 0 Å². The largest absolute Gasteiger partial charge is 0.397 e. The van der Waals surface area contributed by atoms with Gasteiger partial charge in [-0.05, 0) is 19.1 Å². The maximum atomic E-state index is 12.4. The molecular weight excluding hydrogens is 252 g/mol. The number of hydrogen-bond donors (Lipinski definition) is 2. The zero-order valence-corrected chi connectivity index (χ0v) is 10.9. The number of aromatic amines is 1. The van der Waals surface area contributed by atoms with Crippen LogP contribution in [-0.2, 0) is 10.0 Å². The molecule has 0 saturated carbocycles. The van der Waals surface area contributed by atoms with Gasteiger partial charge >= 0.3 is 0 Å². The number of aromatic nitrogens is 2. The highest BCUT2D eigenvalue weighted by Crippen LogP contribution is 2.27. The molecule has 0 spiro atoms. The maximum Gasteiger partial charge on any atom is 0.267 e. The second kappa shape index (κ2) is 4.34. The van der Waals surface area contributed by atoms with E-state index in [0.29, 0.717) is 17.1 Å². The van der Waals surface area contributed by atoms with Gasteiger partial charge < -0.3 is 5.73 Å². The molecule has 7 heteroatoms. The number of nitrogens with two attached hydrogens (primary N) is 1. The Morgan fingerprint density at radius 1 is 1.33 bits per heavy atom. The highest BCUT2D eigenvalue weighted by Gasteiger charge is 2.25. The summed E-state index contributed by atoms with van der Waals surface area (Å²) in [5.41, 5.74) is 7.13. The molecule has 0 aliphatic rings. The Kier molecular flexibility index (Phi) is 3.00. The Morgan fingerprint density at radius 3 is 2.56 bits per heavy atom. The van der Waals surface area contributed by atoms with Crippen molar-refractivity contribution < 1.29 is 8.42 Å². The first-order valence-corrected chi connectivity index (χ1v) is 6.72. The molecule has 2 rings (SSSR count). The summed E-state index contributed by atoms with van der Waals surface area (Å²) in [4.78, 5) is 0.147. The van der Waals surface area contributed by atoms with Gasteiger partial charge in [0.1, 0.15) is 4.90 Å². The van der Waals surface area contributed by atoms with Crippen LogP contribution in [0.3, 0.4) is 0 Å². The zero-order valence-electron chi connectivity index (χ0n) is 10.1. The summed E-state index contributed by atoms with van der Waals surface area (Å²) in [5, 5.41) is 6.33. The number of rotatable bonds is 3. The minimum absolute atomic E-state index is 0.147. The lowest BCUT2D eigenvalue weighted by molar-refractivity contribution is 0.594. The van der Waals surface area contributed by atoms with Crippen LogP contribution in [0.4, 0.5) is 11.4 Å². The topological polar surface area (TPSA) is 92.1 Å². The molecule has 0 bridgehead atoms. The molecule has 0 aliphatic heterocycles. The van der Waals surface area contributed by atoms with Gasteiger partial charge in [0.2, 0.25) is 0 Å². The average molecular weight is 266 g/mol. The first-order chi connectivity index (χ1) is 8.44. The quantitative estimate of drug-likeness (QED) is 0.814. The van der Waals surface area contributed by atoms with E-state index in [1.54, 1.807) is 31.2 Å². The van der Waals surface area contributed by atoms with Gasteiger partial charge in [-0.15, -0.1) is 0 Å². The molecule has 96 valence electrons. The first-order valence-electron chi connectivity index (χ1n) is 5.28. The van der Waals surface area contributed by atoms with Gasteiger partial charge in [0.05, 0.1) is 23.3 Å². The van der Waals surface area contributed by atoms with E-state index in [9.17, 15) is 8.42 Å². The van der Waals surface area contributed by atoms with Crippen molar-refractivity contribution in [2.45, 2.75) is 11.8 Å². The summed E-state index contributed by atoms with van der Waals surface area (Å²) < 4.78 is 25.9. The Labute approximate surface area is 105 Å². The number of H-pyrrole nitrogens is 1. The van der Waals surface area contributed by atoms with Gasteiger partial charge in [-0.1, -0.05) is 12.1 Å². The van der Waals surface area contributed by atoms with Crippen LogP contribution in [-0.4, -0.2) is 25.7 Å². The molecule has 0 unspecified atom stereocenters. The zero-order chi connectivity index (χ0) is 13.3. The van der Waals surface area contributed by atoms with Gasteiger partial charge in [-0.25, -0.2) is 8.42 Å². The summed E-state index contributed by atoms with van der Waals surface area (Å²) in [5.74, 6) is 0. The summed E-state index contributed by atoms with van der Waals surface area (Å²) in [7, 11) is -2.18. The lowest BCUT2D eigenvalue weighted by Gasteiger charge is -2.20. The molecule has 1 aromatic carbocycles. The fourth-order valence-corrected chi connectivity index (χ4v) is 2.99. The highest BCUT2D eigenvalue weighted by atomic mass is 32.2. The monoisotopic (exact) mass is 266 g/mol. The predicted octanol–water partition coefficient (Wildman–Crippen LogP) is 1.13. The normalized spacial score (nSPS) is 11.4. The van der Waals surface area contributed by atoms with Gasteiger partial charge in [0.25, 0.3) is 10.0 Å². The second-order valence-corrected chi connectivity index (χ2v) is 5.83. The van der Waals surface area contributed by atoms with Crippen molar-refractivity contribution in [2.24, 2.45) is 0 Å². The fraction of sp³-hybridized carbons (Fsp3) is 0.182. The van der Waals surface area contributed by atoms with Crippen molar-refractivity contribution in [1.82, 2.24) is 10.2 Å². The lowest BCUT2D eigenvalue weighted by atomic mass is 10.3. The van der Waals surface area contributed by atoms with Crippen LogP contribution in [0.1, 0.15) is 5.69 Å². The van der Waals surface area contributed by atoms with E-state index >= 15 is 0 Å². The number of anilines is 2. The van der Waals surface area contributed by atoms with E-state index in [2.05, 4.69) is 10.2 Å². The summed E-state index contributed by atoms with van der Waals surface area (Å²) in [6, 6.07) is 6.80. The molecule has 0 fully saturated rings. The number of nitrogens with one attached hydrogen (secondary N) is 1. The van der Waals surface area contributed by atoms with E-state index in [0.717, 1.165) is 4.31 Å². The van der Waals surface area contributed by atoms with Crippen LogP contribution >= 0.6 is 0 Å². The molecule has 2 aromatic rings. The van der Waals surface area contributed by atoms with Gasteiger partial charge in [-0.3, -0.25) is 9.40 Å². The molecule has 0 amide bonds. The third kappa shape index (κ3) is 1.92. The van der Waals surface area contributed by atoms with Gasteiger partial charge in [0, 0.05) is 7.05 Å². The molecule has 1 aromatic heterocycles. The molecule has 0 atom stereocenters. The van der Waals surface area contributed by atoms with Crippen LogP contribution in [0.2, 0.25) is 0 Å². The minimum Gasteiger partial charge on any atom is -0.397 e. The van der Waals surface area contributed by atoms with E-state index in [1.165, 1.54) is 13.2 Å². The fourth-order valence-electron chi connectivity index (χ4n) is 1.65. The molecule has 0 aliphatic carbocycles. The Balaban J connectivity index is 2.50. The Hall–Kier alpha value is -2.02. The van der Waals surface area contributed by atoms with Crippen molar-refractivity contribution in [3.63, 3.8) is 0 Å². The van der Waals surface area contributed by atoms with Crippen LogP contribution < -0.4 is 10.0 Å². The highest BCUT2D eigenvalue weighted by molar-refractivity contribution is 7.92. The van der Waals surface area contributed by atoms with E-state index in [4.69, 9.17) is 5.73 Å². The summed E-state index contributed by atoms with van der Waals surface area (Å²) in [6.45, 7) is 1.65. The van der Waals surface area contributed by atoms with Crippen molar-refractivity contribution >= 4 is 21.4 Å². The van der Waals surface area contributed by atoms with Crippen LogP contribution in [0, 0.1) is 6.92 Å². The number of nitrogen functional groups attached to an aromatic ring is 1. The van der Waals surface area contributed by atoms with E-state index < -0.39 is 10.0 Å². The van der Waals surface area contributed by atoms with Crippen molar-refractivity contribution in [3.8, 4) is 0 Å². The number of hydrogen-bond acceptors (Lipinski definition) is 4.